The Morgan fingerprint density at radius 3 is 2.71 bits per heavy atom. The molecule has 0 N–H and O–H groups in total. The summed E-state index contributed by atoms with van der Waals surface area (Å²) in [5.74, 6) is 0.752. The Bertz CT molecular complexity index is 382. The Labute approximate surface area is 110 Å². The monoisotopic (exact) mass is 247 g/mol. The van der Waals surface area contributed by atoms with Crippen molar-refractivity contribution >= 4 is 17.1 Å². The zero-order chi connectivity index (χ0) is 12.3. The summed E-state index contributed by atoms with van der Waals surface area (Å²) in [5.41, 5.74) is 2.53. The molecule has 0 aromatic heterocycles. The molecule has 1 atom stereocenters. The van der Waals surface area contributed by atoms with Gasteiger partial charge in [0.25, 0.3) is 0 Å². The summed E-state index contributed by atoms with van der Waals surface area (Å²) in [7, 11) is 2.21. The van der Waals surface area contributed by atoms with E-state index in [2.05, 4.69) is 43.1 Å². The number of piperidine rings is 1. The fourth-order valence-corrected chi connectivity index (χ4v) is 2.93. The number of benzene rings is 1. The number of nitrogens with zero attached hydrogens (tertiary/aromatic N) is 1. The third-order valence-corrected chi connectivity index (χ3v) is 3.97. The molecule has 0 spiro atoms. The van der Waals surface area contributed by atoms with Crippen LogP contribution in [-0.4, -0.2) is 29.9 Å². The molecule has 1 heterocycles. The highest BCUT2D eigenvalue weighted by molar-refractivity contribution is 7.80. The molecule has 92 valence electrons. The molecule has 0 saturated carbocycles. The summed E-state index contributed by atoms with van der Waals surface area (Å²) < 4.78 is 0. The lowest BCUT2D eigenvalue weighted by molar-refractivity contribution is 0.214. The molecule has 1 aliphatic rings. The van der Waals surface area contributed by atoms with Crippen LogP contribution in [0.15, 0.2) is 24.3 Å². The van der Waals surface area contributed by atoms with Gasteiger partial charge in [-0.2, -0.15) is 0 Å². The number of thiocarbonyl (C=S) groups is 1. The van der Waals surface area contributed by atoms with Gasteiger partial charge in [0.05, 0.1) is 0 Å². The number of aryl methyl sites for hydroxylation is 1. The van der Waals surface area contributed by atoms with Gasteiger partial charge in [0.2, 0.25) is 0 Å². The molecule has 1 nitrogen and oxygen atoms in total. The summed E-state index contributed by atoms with van der Waals surface area (Å²) >= 11 is 5.56. The van der Waals surface area contributed by atoms with E-state index in [0.29, 0.717) is 0 Å². The smallest absolute Gasteiger partial charge is 0.0227 e. The van der Waals surface area contributed by atoms with Crippen LogP contribution in [0.1, 0.15) is 30.4 Å². The summed E-state index contributed by atoms with van der Waals surface area (Å²) in [4.78, 5) is 3.55. The maximum absolute atomic E-state index is 5.56. The Kier molecular flexibility index (Phi) is 4.30. The summed E-state index contributed by atoms with van der Waals surface area (Å²) in [6.45, 7) is 4.56. The molecule has 1 aromatic carbocycles. The number of rotatable bonds is 3. The number of likely N-dealkylation sites (tertiary alicyclic amines) is 1. The van der Waals surface area contributed by atoms with Crippen molar-refractivity contribution in [2.24, 2.45) is 5.92 Å². The van der Waals surface area contributed by atoms with Crippen LogP contribution in [0, 0.1) is 12.8 Å². The first-order chi connectivity index (χ1) is 8.15. The first-order valence-corrected chi connectivity index (χ1v) is 6.84. The maximum Gasteiger partial charge on any atom is 0.0227 e. The zero-order valence-electron chi connectivity index (χ0n) is 10.8. The molecule has 17 heavy (non-hydrogen) atoms. The number of hydrogen-bond acceptors (Lipinski definition) is 2. The normalized spacial score (nSPS) is 21.4. The van der Waals surface area contributed by atoms with Gasteiger partial charge >= 0.3 is 0 Å². The second-order valence-electron chi connectivity index (χ2n) is 5.26. The van der Waals surface area contributed by atoms with Crippen LogP contribution in [-0.2, 0) is 0 Å². The predicted octanol–water partition coefficient (Wildman–Crippen LogP) is 3.44. The predicted molar refractivity (Wildman–Crippen MR) is 77.7 cm³/mol. The third kappa shape index (κ3) is 3.62. The maximum atomic E-state index is 5.56. The summed E-state index contributed by atoms with van der Waals surface area (Å²) in [6, 6.07) is 8.61. The average molecular weight is 247 g/mol. The molecule has 0 aliphatic carbocycles. The number of hydrogen-bond donors (Lipinski definition) is 0. The van der Waals surface area contributed by atoms with Crippen LogP contribution in [0.4, 0.5) is 0 Å². The van der Waals surface area contributed by atoms with Crippen molar-refractivity contribution in [1.82, 2.24) is 4.90 Å². The highest BCUT2D eigenvalue weighted by Gasteiger charge is 2.18. The Morgan fingerprint density at radius 2 is 2.06 bits per heavy atom. The van der Waals surface area contributed by atoms with Gasteiger partial charge in [-0.25, -0.2) is 0 Å². The van der Waals surface area contributed by atoms with Crippen LogP contribution in [0.25, 0.3) is 0 Å². The standard InChI is InChI=1S/C15H21NS/c1-12-5-7-14(8-6-12)15(17)10-13-4-3-9-16(2)11-13/h5-8,13H,3-4,9-11H2,1-2H3. The topological polar surface area (TPSA) is 3.24 Å². The van der Waals surface area contributed by atoms with Crippen LogP contribution in [0.5, 0.6) is 0 Å². The van der Waals surface area contributed by atoms with E-state index in [0.717, 1.165) is 17.2 Å². The molecule has 1 saturated heterocycles. The largest absolute Gasteiger partial charge is 0.306 e. The summed E-state index contributed by atoms with van der Waals surface area (Å²) in [6.07, 6.45) is 3.72. The van der Waals surface area contributed by atoms with E-state index in [1.807, 2.05) is 0 Å². The van der Waals surface area contributed by atoms with Crippen molar-refractivity contribution < 1.29 is 0 Å². The molecule has 2 rings (SSSR count). The molecule has 1 aromatic rings. The molecule has 1 fully saturated rings. The van der Waals surface area contributed by atoms with Crippen LogP contribution in [0.2, 0.25) is 0 Å². The van der Waals surface area contributed by atoms with E-state index in [9.17, 15) is 0 Å². The van der Waals surface area contributed by atoms with E-state index < -0.39 is 0 Å². The van der Waals surface area contributed by atoms with Gasteiger partial charge in [-0.1, -0.05) is 42.0 Å². The van der Waals surface area contributed by atoms with Gasteiger partial charge < -0.3 is 4.90 Å². The van der Waals surface area contributed by atoms with E-state index in [1.54, 1.807) is 0 Å². The SMILES string of the molecule is Cc1ccc(C(=S)CC2CCCN(C)C2)cc1. The van der Waals surface area contributed by atoms with Crippen molar-refractivity contribution in [3.05, 3.63) is 35.4 Å². The lowest BCUT2D eigenvalue weighted by atomic mass is 9.91. The van der Waals surface area contributed by atoms with Crippen LogP contribution < -0.4 is 0 Å². The Hall–Kier alpha value is -0.730. The molecule has 1 unspecified atom stereocenters. The molecule has 0 amide bonds. The second-order valence-corrected chi connectivity index (χ2v) is 5.76. The summed E-state index contributed by atoms with van der Waals surface area (Å²) in [5, 5.41) is 0. The lowest BCUT2D eigenvalue weighted by Crippen LogP contribution is -2.32. The van der Waals surface area contributed by atoms with Gasteiger partial charge in [0, 0.05) is 11.4 Å². The second kappa shape index (κ2) is 5.74. The molecular formula is C15H21NS. The van der Waals surface area contributed by atoms with Crippen molar-refractivity contribution in [3.63, 3.8) is 0 Å². The molecular weight excluding hydrogens is 226 g/mol. The van der Waals surface area contributed by atoms with Gasteiger partial charge in [0.1, 0.15) is 0 Å². The molecule has 2 heteroatoms. The quantitative estimate of drug-likeness (QED) is 0.594. The minimum absolute atomic E-state index is 0.752. The minimum atomic E-state index is 0.752. The van der Waals surface area contributed by atoms with E-state index in [4.69, 9.17) is 12.2 Å². The van der Waals surface area contributed by atoms with Gasteiger partial charge in [-0.15, -0.1) is 0 Å². The van der Waals surface area contributed by atoms with E-state index >= 15 is 0 Å². The van der Waals surface area contributed by atoms with Gasteiger partial charge in [-0.3, -0.25) is 0 Å². The average Bonchev–Trinajstić information content (AvgIpc) is 2.29. The first kappa shape index (κ1) is 12.7. The highest BCUT2D eigenvalue weighted by Crippen LogP contribution is 2.21. The lowest BCUT2D eigenvalue weighted by Gasteiger charge is -2.29. The minimum Gasteiger partial charge on any atom is -0.306 e. The van der Waals surface area contributed by atoms with Gasteiger partial charge in [0.15, 0.2) is 0 Å². The van der Waals surface area contributed by atoms with E-state index in [-0.39, 0.29) is 0 Å². The van der Waals surface area contributed by atoms with E-state index in [1.165, 1.54) is 37.1 Å². The van der Waals surface area contributed by atoms with Crippen molar-refractivity contribution in [2.45, 2.75) is 26.2 Å². The Morgan fingerprint density at radius 1 is 1.35 bits per heavy atom. The molecule has 0 bridgehead atoms. The molecule has 1 aliphatic heterocycles. The van der Waals surface area contributed by atoms with Crippen molar-refractivity contribution in [2.75, 3.05) is 20.1 Å². The third-order valence-electron chi connectivity index (χ3n) is 3.57. The zero-order valence-corrected chi connectivity index (χ0v) is 11.6. The first-order valence-electron chi connectivity index (χ1n) is 6.43. The van der Waals surface area contributed by atoms with Crippen LogP contribution >= 0.6 is 12.2 Å². The fourth-order valence-electron chi connectivity index (χ4n) is 2.56. The van der Waals surface area contributed by atoms with Gasteiger partial charge in [-0.05, 0) is 51.3 Å². The molecule has 0 radical (unpaired) electrons. The van der Waals surface area contributed by atoms with Crippen molar-refractivity contribution in [1.29, 1.82) is 0 Å². The Balaban J connectivity index is 1.94. The van der Waals surface area contributed by atoms with Crippen molar-refractivity contribution in [3.8, 4) is 0 Å². The fraction of sp³-hybridized carbons (Fsp3) is 0.533. The van der Waals surface area contributed by atoms with Crippen LogP contribution in [0.3, 0.4) is 0 Å². The highest BCUT2D eigenvalue weighted by atomic mass is 32.1.